The van der Waals surface area contributed by atoms with Gasteiger partial charge in [-0.2, -0.15) is 0 Å². The van der Waals surface area contributed by atoms with E-state index in [1.807, 2.05) is 31.2 Å². The number of primary amides is 1. The quantitative estimate of drug-likeness (QED) is 0.0297. The van der Waals surface area contributed by atoms with Crippen LogP contribution in [0.25, 0.3) is 10.9 Å². The van der Waals surface area contributed by atoms with Gasteiger partial charge in [-0.15, -0.1) is 0 Å². The van der Waals surface area contributed by atoms with Gasteiger partial charge in [0, 0.05) is 62.9 Å². The van der Waals surface area contributed by atoms with Crippen molar-refractivity contribution in [3.8, 4) is 0 Å². The first kappa shape index (κ1) is 58.3. The fraction of sp³-hybridized carbons (Fsp3) is 0.490. The van der Waals surface area contributed by atoms with E-state index in [1.165, 1.54) is 6.92 Å². The average molecular weight is 1030 g/mol. The summed E-state index contributed by atoms with van der Waals surface area (Å²) in [7, 11) is 0. The van der Waals surface area contributed by atoms with Gasteiger partial charge in [-0.05, 0) is 62.1 Å². The Hall–Kier alpha value is -8.25. The number of para-hydroxylation sites is 1. The number of hydrogen-bond acceptors (Lipinski definition) is 11. The van der Waals surface area contributed by atoms with E-state index in [9.17, 15) is 43.2 Å². The Morgan fingerprint density at radius 3 is 1.92 bits per heavy atom. The van der Waals surface area contributed by atoms with Crippen LogP contribution in [-0.2, 0) is 56.0 Å². The van der Waals surface area contributed by atoms with Crippen molar-refractivity contribution in [2.45, 2.75) is 133 Å². The summed E-state index contributed by atoms with van der Waals surface area (Å²) in [5.74, 6) is -7.33. The average Bonchev–Trinajstić information content (AvgIpc) is 3.76. The van der Waals surface area contributed by atoms with Crippen molar-refractivity contribution in [1.29, 1.82) is 0 Å². The van der Waals surface area contributed by atoms with E-state index in [2.05, 4.69) is 57.5 Å². The number of H-pyrrole nitrogens is 1. The molecule has 25 heteroatoms. The number of aromatic amines is 1. The predicted octanol–water partition coefficient (Wildman–Crippen LogP) is -2.55. The third kappa shape index (κ3) is 19.7. The number of nitrogens with two attached hydrogens (primary N) is 5. The molecule has 3 unspecified atom stereocenters. The van der Waals surface area contributed by atoms with Crippen molar-refractivity contribution >= 4 is 76.0 Å². The zero-order chi connectivity index (χ0) is 54.2. The number of benzene rings is 2. The van der Waals surface area contributed by atoms with Crippen LogP contribution in [-0.4, -0.2) is 132 Å². The lowest BCUT2D eigenvalue weighted by Crippen LogP contribution is -2.60. The van der Waals surface area contributed by atoms with Crippen molar-refractivity contribution in [2.24, 2.45) is 38.7 Å². The Morgan fingerprint density at radius 2 is 1.30 bits per heavy atom. The maximum absolute atomic E-state index is 14.5. The summed E-state index contributed by atoms with van der Waals surface area (Å²) in [6.07, 6.45) is 2.29. The van der Waals surface area contributed by atoms with E-state index in [-0.39, 0.29) is 95.8 Å². The third-order valence-electron chi connectivity index (χ3n) is 12.1. The van der Waals surface area contributed by atoms with Crippen LogP contribution < -0.4 is 71.2 Å². The first-order chi connectivity index (χ1) is 35.3. The van der Waals surface area contributed by atoms with E-state index in [4.69, 9.17) is 28.7 Å². The summed E-state index contributed by atoms with van der Waals surface area (Å²) in [5, 5.41) is 22.2. The van der Waals surface area contributed by atoms with Gasteiger partial charge in [0.1, 0.15) is 42.3 Å². The molecular formula is C49H72N16O9. The molecule has 1 fully saturated rings. The molecule has 9 amide bonds. The number of fused-ring (bicyclic) bond motifs is 1. The standard InChI is InChI=1S/C49H72N16O9/c1-3-4-15-33(59-28(2)66)42(69)62-36-19-20-40(67)55-24-21-37(46(73)64-38(41(50)68)26-30-27-58-32-16-9-8-14-31(30)32)63-43(70)34(17-10-22-56-48(51)52)61-47(74)39(25-29-12-6-5-7-13-29)65-44(71)35(60-45(36)72)18-11-23-57-49(53)54/h5-9,12-14,16,27,33-39,58H,3-4,10-11,15,17-26H2,1-2H3,(H2,50,68)(H,55,67)(H,59,66)(H,60,72)(H,61,74)(H,62,69)(H,63,70)(H,64,73)(H,65,71)(H4,51,52,56)(H4,53,54,57)/t33-,34-,35-,36?,37?,38-,39?/m0/s1. The topological polar surface area (TPSA) is 420 Å². The molecule has 4 rings (SSSR count). The number of nitrogens with zero attached hydrogens (tertiary/aromatic N) is 2. The number of aliphatic imine (C=N–C) groups is 2. The molecule has 0 saturated carbocycles. The molecule has 1 aromatic heterocycles. The van der Waals surface area contributed by atoms with Crippen LogP contribution in [0.1, 0.15) is 89.2 Å². The summed E-state index contributed by atoms with van der Waals surface area (Å²) < 4.78 is 0. The van der Waals surface area contributed by atoms with Gasteiger partial charge in [0.25, 0.3) is 0 Å². The first-order valence-corrected chi connectivity index (χ1v) is 24.7. The molecule has 0 aliphatic carbocycles. The fourth-order valence-corrected chi connectivity index (χ4v) is 8.16. The highest BCUT2D eigenvalue weighted by Gasteiger charge is 2.35. The second kappa shape index (κ2) is 29.9. The molecular weight excluding hydrogens is 957 g/mol. The van der Waals surface area contributed by atoms with Crippen molar-refractivity contribution in [2.75, 3.05) is 19.6 Å². The number of hydrogen-bond donors (Lipinski definition) is 14. The number of amides is 9. The number of guanidine groups is 2. The van der Waals surface area contributed by atoms with E-state index in [0.717, 1.165) is 10.9 Å². The molecule has 7 atom stereocenters. The van der Waals surface area contributed by atoms with Crippen LogP contribution in [0.4, 0.5) is 0 Å². The SMILES string of the molecule is CCCC[C@H](NC(C)=O)C(=O)NC1CCC(=O)NCCC(C(=O)N[C@@H](Cc2c[nH]c3ccccc23)C(N)=O)NC(=O)[C@H](CCCN=C(N)N)NC(=O)C(Cc2ccccc2)NC(=O)[C@H](CCCN=C(N)N)NC1=O. The normalized spacial score (nSPS) is 20.0. The molecule has 2 aromatic carbocycles. The van der Waals surface area contributed by atoms with Crippen molar-refractivity contribution < 1.29 is 43.2 Å². The summed E-state index contributed by atoms with van der Waals surface area (Å²) >= 11 is 0. The molecule has 2 heterocycles. The summed E-state index contributed by atoms with van der Waals surface area (Å²) in [5.41, 5.74) is 30.1. The first-order valence-electron chi connectivity index (χ1n) is 24.7. The number of unbranched alkanes of at least 4 members (excludes halogenated alkanes) is 1. The number of carbonyl (C=O) groups excluding carboxylic acids is 9. The van der Waals surface area contributed by atoms with Gasteiger partial charge in [-0.25, -0.2) is 0 Å². The van der Waals surface area contributed by atoms with Crippen LogP contribution >= 0.6 is 0 Å². The molecule has 19 N–H and O–H groups in total. The molecule has 1 aliphatic heterocycles. The maximum atomic E-state index is 14.5. The zero-order valence-electron chi connectivity index (χ0n) is 41.9. The van der Waals surface area contributed by atoms with Gasteiger partial charge in [0.05, 0.1) is 0 Å². The number of nitrogens with one attached hydrogen (secondary N) is 9. The molecule has 402 valence electrons. The third-order valence-corrected chi connectivity index (χ3v) is 12.1. The fourth-order valence-electron chi connectivity index (χ4n) is 8.16. The minimum Gasteiger partial charge on any atom is -0.370 e. The lowest BCUT2D eigenvalue weighted by molar-refractivity contribution is -0.136. The Morgan fingerprint density at radius 1 is 0.703 bits per heavy atom. The van der Waals surface area contributed by atoms with Crippen LogP contribution in [0, 0.1) is 0 Å². The Labute approximate surface area is 428 Å². The second-order valence-electron chi connectivity index (χ2n) is 18.0. The summed E-state index contributed by atoms with van der Waals surface area (Å²) in [4.78, 5) is 135. The predicted molar refractivity (Wildman–Crippen MR) is 277 cm³/mol. The second-order valence-corrected chi connectivity index (χ2v) is 18.0. The van der Waals surface area contributed by atoms with Crippen molar-refractivity contribution in [1.82, 2.24) is 47.5 Å². The summed E-state index contributed by atoms with van der Waals surface area (Å²) in [6, 6.07) is 6.67. The largest absolute Gasteiger partial charge is 0.370 e. The van der Waals surface area contributed by atoms with Gasteiger partial charge in [0.15, 0.2) is 11.9 Å². The van der Waals surface area contributed by atoms with E-state index in [1.54, 1.807) is 36.5 Å². The van der Waals surface area contributed by atoms with Crippen LogP contribution in [0.2, 0.25) is 0 Å². The lowest BCUT2D eigenvalue weighted by atomic mass is 10.0. The minimum atomic E-state index is -1.45. The molecule has 1 aliphatic rings. The van der Waals surface area contributed by atoms with Gasteiger partial charge in [-0.3, -0.25) is 53.1 Å². The molecule has 1 saturated heterocycles. The molecule has 0 bridgehead atoms. The van der Waals surface area contributed by atoms with Crippen LogP contribution in [0.5, 0.6) is 0 Å². The Bertz CT molecular complexity index is 2470. The molecule has 3 aromatic rings. The Balaban J connectivity index is 1.76. The molecule has 74 heavy (non-hydrogen) atoms. The molecule has 0 radical (unpaired) electrons. The minimum absolute atomic E-state index is 0.0208. The number of carbonyl (C=O) groups is 9. The summed E-state index contributed by atoms with van der Waals surface area (Å²) in [6.45, 7) is 3.01. The number of aromatic nitrogens is 1. The zero-order valence-corrected chi connectivity index (χ0v) is 41.9. The molecule has 0 spiro atoms. The van der Waals surface area contributed by atoms with Crippen molar-refractivity contribution in [3.63, 3.8) is 0 Å². The van der Waals surface area contributed by atoms with E-state index in [0.29, 0.717) is 24.0 Å². The maximum Gasteiger partial charge on any atom is 0.243 e. The van der Waals surface area contributed by atoms with Gasteiger partial charge < -0.3 is 76.2 Å². The van der Waals surface area contributed by atoms with Gasteiger partial charge in [0.2, 0.25) is 53.2 Å². The van der Waals surface area contributed by atoms with E-state index < -0.39 is 95.5 Å². The van der Waals surface area contributed by atoms with Gasteiger partial charge >= 0.3 is 0 Å². The van der Waals surface area contributed by atoms with Crippen molar-refractivity contribution in [3.05, 3.63) is 71.9 Å². The van der Waals surface area contributed by atoms with Gasteiger partial charge in [-0.1, -0.05) is 68.3 Å². The Kier molecular flexibility index (Phi) is 23.6. The molecule has 25 nitrogen and oxygen atoms in total. The smallest absolute Gasteiger partial charge is 0.243 e. The van der Waals surface area contributed by atoms with Crippen LogP contribution in [0.3, 0.4) is 0 Å². The van der Waals surface area contributed by atoms with Crippen LogP contribution in [0.15, 0.2) is 70.8 Å². The highest BCUT2D eigenvalue weighted by molar-refractivity contribution is 5.98. The lowest BCUT2D eigenvalue weighted by Gasteiger charge is -2.28. The number of rotatable bonds is 21. The highest BCUT2D eigenvalue weighted by Crippen LogP contribution is 2.19. The van der Waals surface area contributed by atoms with E-state index >= 15 is 0 Å². The monoisotopic (exact) mass is 1030 g/mol. The highest BCUT2D eigenvalue weighted by atomic mass is 16.2.